The highest BCUT2D eigenvalue weighted by atomic mass is 17.1. The van der Waals surface area contributed by atoms with E-state index in [1.165, 1.54) is 0 Å². The molecule has 4 N–H and O–H groups in total. The number of aromatic hydroxyl groups is 3. The molecular formula is C10H12O6. The van der Waals surface area contributed by atoms with E-state index >= 15 is 0 Å². The van der Waals surface area contributed by atoms with Crippen LogP contribution in [-0.2, 0) is 11.3 Å². The highest BCUT2D eigenvalue weighted by Gasteiger charge is 2.21. The van der Waals surface area contributed by atoms with Crippen molar-refractivity contribution < 1.29 is 30.3 Å². The second-order valence-electron chi connectivity index (χ2n) is 3.25. The van der Waals surface area contributed by atoms with Gasteiger partial charge in [-0.05, 0) is 12.5 Å². The second kappa shape index (κ2) is 4.71. The highest BCUT2D eigenvalue weighted by molar-refractivity contribution is 5.92. The molecule has 6 nitrogen and oxygen atoms in total. The van der Waals surface area contributed by atoms with Crippen LogP contribution in [0.25, 0.3) is 0 Å². The average molecular weight is 228 g/mol. The predicted octanol–water partition coefficient (Wildman–Crippen LogP) is 1.39. The van der Waals surface area contributed by atoms with Crippen molar-refractivity contribution >= 4 is 5.97 Å². The number of phenols is 3. The Balaban J connectivity index is 3.40. The monoisotopic (exact) mass is 228 g/mol. The van der Waals surface area contributed by atoms with Crippen LogP contribution in [0.4, 0.5) is 0 Å². The van der Waals surface area contributed by atoms with Gasteiger partial charge in [-0.15, -0.1) is 0 Å². The Morgan fingerprint density at radius 2 is 1.94 bits per heavy atom. The molecule has 0 aromatic heterocycles. The van der Waals surface area contributed by atoms with E-state index in [4.69, 9.17) is 5.26 Å². The largest absolute Gasteiger partial charge is 0.504 e. The molecule has 1 aromatic carbocycles. The summed E-state index contributed by atoms with van der Waals surface area (Å²) in [5.41, 5.74) is -0.0611. The van der Waals surface area contributed by atoms with E-state index in [0.29, 0.717) is 12.8 Å². The van der Waals surface area contributed by atoms with Crippen molar-refractivity contribution in [3.8, 4) is 17.2 Å². The maximum Gasteiger partial charge on any atom is 0.373 e. The summed E-state index contributed by atoms with van der Waals surface area (Å²) in [6.45, 7) is 1.80. The van der Waals surface area contributed by atoms with Crippen LogP contribution < -0.4 is 0 Å². The topological polar surface area (TPSA) is 107 Å². The molecule has 0 bridgehead atoms. The normalized spacial score (nSPS) is 10.1. The molecule has 0 atom stereocenters. The molecule has 6 heteroatoms. The Labute approximate surface area is 91.3 Å². The molecule has 0 unspecified atom stereocenters. The summed E-state index contributed by atoms with van der Waals surface area (Å²) >= 11 is 0. The van der Waals surface area contributed by atoms with E-state index in [1.54, 1.807) is 6.92 Å². The minimum atomic E-state index is -1.10. The zero-order valence-corrected chi connectivity index (χ0v) is 8.60. The van der Waals surface area contributed by atoms with Gasteiger partial charge in [0.1, 0.15) is 0 Å². The van der Waals surface area contributed by atoms with Crippen molar-refractivity contribution in [2.75, 3.05) is 0 Å². The van der Waals surface area contributed by atoms with Crippen LogP contribution in [0.15, 0.2) is 6.07 Å². The van der Waals surface area contributed by atoms with Crippen molar-refractivity contribution in [1.29, 1.82) is 0 Å². The Kier molecular flexibility index (Phi) is 3.57. The van der Waals surface area contributed by atoms with Gasteiger partial charge in [0.2, 0.25) is 5.75 Å². The van der Waals surface area contributed by atoms with E-state index in [0.717, 1.165) is 6.07 Å². The third-order valence-corrected chi connectivity index (χ3v) is 2.16. The van der Waals surface area contributed by atoms with Crippen LogP contribution in [0.2, 0.25) is 0 Å². The number of carbonyl (C=O) groups excluding carboxylic acids is 1. The third kappa shape index (κ3) is 2.01. The maximum absolute atomic E-state index is 11.1. The fourth-order valence-electron chi connectivity index (χ4n) is 1.42. The second-order valence-corrected chi connectivity index (χ2v) is 3.25. The Morgan fingerprint density at radius 1 is 1.31 bits per heavy atom. The zero-order valence-electron chi connectivity index (χ0n) is 8.60. The first-order chi connectivity index (χ1) is 7.52. The van der Waals surface area contributed by atoms with Gasteiger partial charge in [0.25, 0.3) is 0 Å². The van der Waals surface area contributed by atoms with Crippen molar-refractivity contribution in [3.63, 3.8) is 0 Å². The van der Waals surface area contributed by atoms with Crippen LogP contribution in [0.1, 0.15) is 29.3 Å². The van der Waals surface area contributed by atoms with Gasteiger partial charge < -0.3 is 15.3 Å². The van der Waals surface area contributed by atoms with Crippen LogP contribution in [-0.4, -0.2) is 26.5 Å². The fourth-order valence-corrected chi connectivity index (χ4v) is 1.42. The molecule has 1 rings (SSSR count). The summed E-state index contributed by atoms with van der Waals surface area (Å²) in [6.07, 6.45) is 0.896. The van der Waals surface area contributed by atoms with Crippen LogP contribution >= 0.6 is 0 Å². The smallest absolute Gasteiger partial charge is 0.373 e. The predicted molar refractivity (Wildman–Crippen MR) is 53.5 cm³/mol. The Hall–Kier alpha value is -1.95. The van der Waals surface area contributed by atoms with Crippen molar-refractivity contribution in [2.45, 2.75) is 19.8 Å². The van der Waals surface area contributed by atoms with Crippen molar-refractivity contribution in [1.82, 2.24) is 0 Å². The molecule has 0 fully saturated rings. The summed E-state index contributed by atoms with van der Waals surface area (Å²) in [6, 6.07) is 0.929. The molecule has 0 spiro atoms. The molecule has 1 aromatic rings. The lowest BCUT2D eigenvalue weighted by atomic mass is 10.0. The zero-order chi connectivity index (χ0) is 12.3. The lowest BCUT2D eigenvalue weighted by Crippen LogP contribution is -2.06. The van der Waals surface area contributed by atoms with Gasteiger partial charge in [0.15, 0.2) is 11.5 Å². The van der Waals surface area contributed by atoms with Crippen LogP contribution in [0, 0.1) is 0 Å². The minimum absolute atomic E-state index is 0.122. The van der Waals surface area contributed by atoms with Gasteiger partial charge in [0.05, 0.1) is 5.56 Å². The molecule has 0 saturated carbocycles. The number of hydrogen-bond donors (Lipinski definition) is 4. The lowest BCUT2D eigenvalue weighted by molar-refractivity contribution is -0.182. The first-order valence-corrected chi connectivity index (χ1v) is 4.65. The lowest BCUT2D eigenvalue weighted by Gasteiger charge is -2.10. The summed E-state index contributed by atoms with van der Waals surface area (Å²) in [5, 5.41) is 36.3. The van der Waals surface area contributed by atoms with E-state index < -0.39 is 23.2 Å². The van der Waals surface area contributed by atoms with E-state index in [9.17, 15) is 20.1 Å². The minimum Gasteiger partial charge on any atom is -0.504 e. The Morgan fingerprint density at radius 3 is 2.44 bits per heavy atom. The SMILES string of the molecule is CCCc1c(C(=O)OO)cc(O)c(O)c1O. The van der Waals surface area contributed by atoms with E-state index in [1.807, 2.05) is 0 Å². The number of phenolic OH excluding ortho intramolecular Hbond substituents is 3. The molecule has 16 heavy (non-hydrogen) atoms. The molecule has 0 saturated heterocycles. The summed E-state index contributed by atoms with van der Waals surface area (Å²) in [4.78, 5) is 14.7. The molecule has 0 radical (unpaired) electrons. The summed E-state index contributed by atoms with van der Waals surface area (Å²) < 4.78 is 0. The molecule has 0 amide bonds. The van der Waals surface area contributed by atoms with Gasteiger partial charge in [-0.3, -0.25) is 4.89 Å². The highest BCUT2D eigenvalue weighted by Crippen LogP contribution is 2.40. The first-order valence-electron chi connectivity index (χ1n) is 4.65. The van der Waals surface area contributed by atoms with E-state index in [-0.39, 0.29) is 11.1 Å². The van der Waals surface area contributed by atoms with Gasteiger partial charge in [-0.25, -0.2) is 4.79 Å². The summed E-state index contributed by atoms with van der Waals surface area (Å²) in [5.74, 6) is -3.04. The van der Waals surface area contributed by atoms with Crippen molar-refractivity contribution in [3.05, 3.63) is 17.2 Å². The van der Waals surface area contributed by atoms with Crippen molar-refractivity contribution in [2.24, 2.45) is 0 Å². The third-order valence-electron chi connectivity index (χ3n) is 2.16. The number of benzene rings is 1. The fraction of sp³-hybridized carbons (Fsp3) is 0.300. The molecule has 0 heterocycles. The Bertz CT molecular complexity index is 412. The average Bonchev–Trinajstić information content (AvgIpc) is 2.28. The number of carbonyl (C=O) groups is 1. The maximum atomic E-state index is 11.1. The molecule has 0 aliphatic rings. The standard InChI is InChI=1S/C10H12O6/c1-2-3-5-6(10(14)16-15)4-7(11)9(13)8(5)12/h4,11-13,15H,2-3H2,1H3. The quantitative estimate of drug-likeness (QED) is 0.353. The molecule has 0 aliphatic heterocycles. The molecular weight excluding hydrogens is 216 g/mol. The van der Waals surface area contributed by atoms with Gasteiger partial charge >= 0.3 is 5.97 Å². The van der Waals surface area contributed by atoms with Gasteiger partial charge in [0, 0.05) is 5.56 Å². The molecule has 0 aliphatic carbocycles. The van der Waals surface area contributed by atoms with Gasteiger partial charge in [-0.2, -0.15) is 5.26 Å². The first kappa shape index (κ1) is 12.1. The van der Waals surface area contributed by atoms with E-state index in [2.05, 4.69) is 4.89 Å². The van der Waals surface area contributed by atoms with Gasteiger partial charge in [-0.1, -0.05) is 13.3 Å². The number of rotatable bonds is 3. The summed E-state index contributed by atoms with van der Waals surface area (Å²) in [7, 11) is 0. The number of hydrogen-bond acceptors (Lipinski definition) is 6. The van der Waals surface area contributed by atoms with Crippen LogP contribution in [0.5, 0.6) is 17.2 Å². The molecule has 88 valence electrons. The van der Waals surface area contributed by atoms with Crippen LogP contribution in [0.3, 0.4) is 0 Å².